The van der Waals surface area contributed by atoms with Gasteiger partial charge in [-0.15, -0.1) is 0 Å². The molecule has 0 fully saturated rings. The Labute approximate surface area is 131 Å². The number of carbonyl (C=O) groups excluding carboxylic acids is 1. The van der Waals surface area contributed by atoms with Crippen molar-refractivity contribution >= 4 is 22.6 Å². The molecule has 0 amide bonds. The second kappa shape index (κ2) is 7.20. The number of aromatic nitrogens is 1. The molecule has 0 aliphatic rings. The summed E-state index contributed by atoms with van der Waals surface area (Å²) in [6.07, 6.45) is 2.31. The van der Waals surface area contributed by atoms with Gasteiger partial charge in [-0.2, -0.15) is 0 Å². The van der Waals surface area contributed by atoms with E-state index in [0.29, 0.717) is 5.69 Å². The summed E-state index contributed by atoms with van der Waals surface area (Å²) in [6.45, 7) is 7.02. The van der Waals surface area contributed by atoms with Gasteiger partial charge in [-0.25, -0.2) is 4.79 Å². The fourth-order valence-electron chi connectivity index (χ4n) is 2.32. The fourth-order valence-corrected chi connectivity index (χ4v) is 2.32. The molecule has 0 spiro atoms. The van der Waals surface area contributed by atoms with Crippen molar-refractivity contribution in [3.63, 3.8) is 0 Å². The van der Waals surface area contributed by atoms with E-state index in [1.54, 1.807) is 0 Å². The summed E-state index contributed by atoms with van der Waals surface area (Å²) in [6, 6.07) is 5.70. The molecule has 0 saturated carbocycles. The molecular weight excluding hydrogens is 280 g/mol. The van der Waals surface area contributed by atoms with E-state index in [0.717, 1.165) is 41.7 Å². The van der Waals surface area contributed by atoms with E-state index in [1.165, 1.54) is 7.11 Å². The van der Waals surface area contributed by atoms with Crippen molar-refractivity contribution in [3.05, 3.63) is 23.9 Å². The van der Waals surface area contributed by atoms with Gasteiger partial charge < -0.3 is 19.8 Å². The van der Waals surface area contributed by atoms with E-state index < -0.39 is 0 Å². The number of rotatable bonds is 7. The second-order valence-electron chi connectivity index (χ2n) is 5.55. The van der Waals surface area contributed by atoms with Crippen molar-refractivity contribution < 1.29 is 14.3 Å². The van der Waals surface area contributed by atoms with Crippen molar-refractivity contribution in [1.29, 1.82) is 0 Å². The molecule has 2 aromatic rings. The lowest BCUT2D eigenvalue weighted by molar-refractivity contribution is 0.0595. The first kappa shape index (κ1) is 16.2. The zero-order valence-corrected chi connectivity index (χ0v) is 13.7. The van der Waals surface area contributed by atoms with Crippen molar-refractivity contribution in [3.8, 4) is 5.75 Å². The van der Waals surface area contributed by atoms with E-state index >= 15 is 0 Å². The number of H-pyrrole nitrogens is 1. The molecule has 2 rings (SSSR count). The first-order chi connectivity index (χ1) is 10.5. The van der Waals surface area contributed by atoms with Gasteiger partial charge in [0.2, 0.25) is 0 Å². The third kappa shape index (κ3) is 3.72. The van der Waals surface area contributed by atoms with Crippen LogP contribution in [0.15, 0.2) is 18.2 Å². The zero-order chi connectivity index (χ0) is 16.1. The smallest absolute Gasteiger partial charge is 0.354 e. The molecule has 1 heterocycles. The van der Waals surface area contributed by atoms with Crippen LogP contribution in [0.1, 0.15) is 44.1 Å². The van der Waals surface area contributed by atoms with E-state index in [1.807, 2.05) is 32.0 Å². The first-order valence-corrected chi connectivity index (χ1v) is 7.70. The number of unbranched alkanes of at least 4 members (excludes halogenated alkanes) is 1. The number of nitrogens with one attached hydrogen (secondary N) is 2. The molecule has 1 aromatic heterocycles. The summed E-state index contributed by atoms with van der Waals surface area (Å²) >= 11 is 0. The topological polar surface area (TPSA) is 63.3 Å². The summed E-state index contributed by atoms with van der Waals surface area (Å²) in [7, 11) is 1.38. The number of aromatic amines is 1. The Kier molecular flexibility index (Phi) is 5.31. The molecule has 0 aliphatic heterocycles. The maximum absolute atomic E-state index is 11.7. The van der Waals surface area contributed by atoms with Crippen LogP contribution in [-0.4, -0.2) is 30.7 Å². The van der Waals surface area contributed by atoms with Crippen LogP contribution >= 0.6 is 0 Å². The molecule has 0 atom stereocenters. The summed E-state index contributed by atoms with van der Waals surface area (Å²) in [4.78, 5) is 14.8. The van der Waals surface area contributed by atoms with Crippen LogP contribution < -0.4 is 10.1 Å². The third-order valence-corrected chi connectivity index (χ3v) is 3.33. The number of ether oxygens (including phenoxy) is 2. The minimum Gasteiger partial charge on any atom is -0.491 e. The lowest BCUT2D eigenvalue weighted by atomic mass is 10.2. The van der Waals surface area contributed by atoms with Crippen molar-refractivity contribution in [2.75, 3.05) is 19.0 Å². The molecule has 1 aromatic carbocycles. The molecule has 5 heteroatoms. The summed E-state index contributed by atoms with van der Waals surface area (Å²) in [5.41, 5.74) is 2.27. The highest BCUT2D eigenvalue weighted by Gasteiger charge is 2.14. The molecule has 0 unspecified atom stereocenters. The van der Waals surface area contributed by atoms with Gasteiger partial charge in [0, 0.05) is 29.8 Å². The molecule has 0 saturated heterocycles. The number of fused-ring (bicyclic) bond motifs is 1. The molecule has 0 radical (unpaired) electrons. The third-order valence-electron chi connectivity index (χ3n) is 3.33. The van der Waals surface area contributed by atoms with Crippen LogP contribution in [-0.2, 0) is 4.74 Å². The van der Waals surface area contributed by atoms with E-state index in [9.17, 15) is 4.79 Å². The number of carbonyl (C=O) groups is 1. The molecule has 22 heavy (non-hydrogen) atoms. The normalized spacial score (nSPS) is 11.0. The monoisotopic (exact) mass is 304 g/mol. The lowest BCUT2D eigenvalue weighted by Gasteiger charge is -2.13. The van der Waals surface area contributed by atoms with Crippen LogP contribution in [0.25, 0.3) is 10.9 Å². The Morgan fingerprint density at radius 2 is 2.09 bits per heavy atom. The number of hydrogen-bond donors (Lipinski definition) is 2. The minimum atomic E-state index is -0.373. The van der Waals surface area contributed by atoms with Gasteiger partial charge in [-0.1, -0.05) is 13.3 Å². The van der Waals surface area contributed by atoms with Crippen LogP contribution in [0.4, 0.5) is 5.69 Å². The average molecular weight is 304 g/mol. The molecule has 0 bridgehead atoms. The number of methoxy groups -OCH3 is 1. The number of hydrogen-bond acceptors (Lipinski definition) is 4. The van der Waals surface area contributed by atoms with Gasteiger partial charge in [-0.3, -0.25) is 0 Å². The molecule has 0 aliphatic carbocycles. The predicted octanol–water partition coefficient (Wildman–Crippen LogP) is 3.95. The molecule has 120 valence electrons. The number of benzene rings is 1. The largest absolute Gasteiger partial charge is 0.491 e. The molecular formula is C17H24N2O3. The van der Waals surface area contributed by atoms with Crippen molar-refractivity contribution in [1.82, 2.24) is 4.98 Å². The summed E-state index contributed by atoms with van der Waals surface area (Å²) < 4.78 is 10.6. The van der Waals surface area contributed by atoms with Gasteiger partial charge in [0.05, 0.1) is 18.7 Å². The van der Waals surface area contributed by atoms with E-state index in [-0.39, 0.29) is 12.1 Å². The Morgan fingerprint density at radius 3 is 2.73 bits per heavy atom. The van der Waals surface area contributed by atoms with E-state index in [2.05, 4.69) is 17.2 Å². The zero-order valence-electron chi connectivity index (χ0n) is 13.7. The molecule has 5 nitrogen and oxygen atoms in total. The Hall–Kier alpha value is -2.17. The first-order valence-electron chi connectivity index (χ1n) is 7.70. The van der Waals surface area contributed by atoms with Gasteiger partial charge in [-0.05, 0) is 26.3 Å². The maximum Gasteiger partial charge on any atom is 0.354 e. The Bertz CT molecular complexity index is 647. The van der Waals surface area contributed by atoms with Gasteiger partial charge in [0.1, 0.15) is 11.4 Å². The Balaban J connectivity index is 2.41. The summed E-state index contributed by atoms with van der Waals surface area (Å²) in [5.74, 6) is 0.404. The van der Waals surface area contributed by atoms with Gasteiger partial charge >= 0.3 is 5.97 Å². The van der Waals surface area contributed by atoms with Crippen LogP contribution in [0.5, 0.6) is 5.75 Å². The van der Waals surface area contributed by atoms with Gasteiger partial charge in [0.25, 0.3) is 0 Å². The molecule has 2 N–H and O–H groups in total. The minimum absolute atomic E-state index is 0.0935. The number of anilines is 1. The highest BCUT2D eigenvalue weighted by Crippen LogP contribution is 2.31. The van der Waals surface area contributed by atoms with Crippen LogP contribution in [0, 0.1) is 0 Å². The summed E-state index contributed by atoms with van der Waals surface area (Å²) in [5, 5.41) is 4.39. The van der Waals surface area contributed by atoms with Crippen molar-refractivity contribution in [2.24, 2.45) is 0 Å². The quantitative estimate of drug-likeness (QED) is 0.600. The van der Waals surface area contributed by atoms with Crippen molar-refractivity contribution in [2.45, 2.75) is 39.7 Å². The number of esters is 1. The van der Waals surface area contributed by atoms with Crippen LogP contribution in [0.3, 0.4) is 0 Å². The highest BCUT2D eigenvalue weighted by atomic mass is 16.5. The Morgan fingerprint density at radius 1 is 1.32 bits per heavy atom. The van der Waals surface area contributed by atoms with Gasteiger partial charge in [0.15, 0.2) is 0 Å². The predicted molar refractivity (Wildman–Crippen MR) is 88.8 cm³/mol. The highest BCUT2D eigenvalue weighted by molar-refractivity contribution is 6.00. The van der Waals surface area contributed by atoms with Crippen LogP contribution in [0.2, 0.25) is 0 Å². The standard InChI is InChI=1S/C17H24N2O3/c1-5-6-7-18-14-8-12(22-11(2)3)9-15-13(14)10-16(19-15)17(20)21-4/h8-11,18-19H,5-7H2,1-4H3. The maximum atomic E-state index is 11.7. The lowest BCUT2D eigenvalue weighted by Crippen LogP contribution is -2.06. The SMILES string of the molecule is CCCCNc1cc(OC(C)C)cc2[nH]c(C(=O)OC)cc12. The second-order valence-corrected chi connectivity index (χ2v) is 5.55. The fraction of sp³-hybridized carbons (Fsp3) is 0.471. The van der Waals surface area contributed by atoms with E-state index in [4.69, 9.17) is 9.47 Å². The average Bonchev–Trinajstić information content (AvgIpc) is 2.90.